The standard InChI is InChI=1S/C13H16N2O5/c1-8-4-5-14(12(8)7-16)9-2-3-10(13(17)18)11(6-9)15(19)20/h2-3,6,8,12,16H,4-5,7H2,1H3,(H,17,18). The van der Waals surface area contributed by atoms with E-state index >= 15 is 0 Å². The number of anilines is 1. The van der Waals surface area contributed by atoms with Crippen molar-refractivity contribution in [3.63, 3.8) is 0 Å². The van der Waals surface area contributed by atoms with E-state index in [4.69, 9.17) is 5.11 Å². The molecule has 1 aromatic carbocycles. The van der Waals surface area contributed by atoms with Crippen LogP contribution in [0.25, 0.3) is 0 Å². The molecule has 0 spiro atoms. The zero-order valence-corrected chi connectivity index (χ0v) is 11.0. The fraction of sp³-hybridized carbons (Fsp3) is 0.462. The van der Waals surface area contributed by atoms with Gasteiger partial charge in [0, 0.05) is 18.3 Å². The van der Waals surface area contributed by atoms with Crippen molar-refractivity contribution in [1.82, 2.24) is 0 Å². The molecule has 7 heteroatoms. The molecule has 2 atom stereocenters. The number of aromatic carboxylic acids is 1. The molecule has 1 saturated heterocycles. The van der Waals surface area contributed by atoms with Gasteiger partial charge in [0.25, 0.3) is 5.69 Å². The molecule has 0 saturated carbocycles. The molecule has 0 aliphatic carbocycles. The van der Waals surface area contributed by atoms with Crippen LogP contribution in [-0.2, 0) is 0 Å². The highest BCUT2D eigenvalue weighted by molar-refractivity contribution is 5.93. The molecule has 108 valence electrons. The number of nitro benzene ring substituents is 1. The van der Waals surface area contributed by atoms with Gasteiger partial charge in [-0.05, 0) is 24.5 Å². The molecule has 20 heavy (non-hydrogen) atoms. The average Bonchev–Trinajstić information content (AvgIpc) is 2.78. The maximum absolute atomic E-state index is 11.0. The molecule has 0 amide bonds. The summed E-state index contributed by atoms with van der Waals surface area (Å²) < 4.78 is 0. The summed E-state index contributed by atoms with van der Waals surface area (Å²) in [7, 11) is 0. The number of aliphatic hydroxyl groups excluding tert-OH is 1. The van der Waals surface area contributed by atoms with Crippen LogP contribution in [-0.4, -0.2) is 40.3 Å². The Morgan fingerprint density at radius 1 is 1.55 bits per heavy atom. The number of hydrogen-bond donors (Lipinski definition) is 2. The second-order valence-corrected chi connectivity index (χ2v) is 4.97. The minimum absolute atomic E-state index is 0.0321. The lowest BCUT2D eigenvalue weighted by molar-refractivity contribution is -0.385. The Morgan fingerprint density at radius 2 is 2.25 bits per heavy atom. The Labute approximate surface area is 115 Å². The van der Waals surface area contributed by atoms with Crippen LogP contribution in [0.15, 0.2) is 18.2 Å². The van der Waals surface area contributed by atoms with E-state index in [1.165, 1.54) is 12.1 Å². The van der Waals surface area contributed by atoms with Crippen LogP contribution in [0.2, 0.25) is 0 Å². The van der Waals surface area contributed by atoms with Crippen LogP contribution < -0.4 is 4.90 Å². The van der Waals surface area contributed by atoms with Gasteiger partial charge in [0.2, 0.25) is 0 Å². The van der Waals surface area contributed by atoms with Crippen LogP contribution >= 0.6 is 0 Å². The predicted octanol–water partition coefficient (Wildman–Crippen LogP) is 1.50. The van der Waals surface area contributed by atoms with Gasteiger partial charge < -0.3 is 15.1 Å². The van der Waals surface area contributed by atoms with Crippen LogP contribution in [0.5, 0.6) is 0 Å². The Kier molecular flexibility index (Phi) is 3.89. The third kappa shape index (κ3) is 2.44. The summed E-state index contributed by atoms with van der Waals surface area (Å²) in [6.07, 6.45) is 0.889. The van der Waals surface area contributed by atoms with Crippen molar-refractivity contribution >= 4 is 17.3 Å². The van der Waals surface area contributed by atoms with E-state index in [0.29, 0.717) is 18.2 Å². The molecule has 1 aromatic rings. The summed E-state index contributed by atoms with van der Waals surface area (Å²) >= 11 is 0. The van der Waals surface area contributed by atoms with Crippen molar-refractivity contribution in [2.24, 2.45) is 5.92 Å². The Bertz CT molecular complexity index is 546. The van der Waals surface area contributed by atoms with Gasteiger partial charge in [-0.25, -0.2) is 4.79 Å². The van der Waals surface area contributed by atoms with E-state index in [1.807, 2.05) is 11.8 Å². The first-order chi connectivity index (χ1) is 9.45. The number of benzene rings is 1. The van der Waals surface area contributed by atoms with Gasteiger partial charge in [-0.2, -0.15) is 0 Å². The number of carbonyl (C=O) groups is 1. The van der Waals surface area contributed by atoms with E-state index in [0.717, 1.165) is 6.42 Å². The van der Waals surface area contributed by atoms with Gasteiger partial charge in [0.15, 0.2) is 0 Å². The maximum Gasteiger partial charge on any atom is 0.342 e. The van der Waals surface area contributed by atoms with E-state index < -0.39 is 16.6 Å². The SMILES string of the molecule is CC1CCN(c2ccc(C(=O)O)c([N+](=O)[O-])c2)C1CO. The Hall–Kier alpha value is -2.15. The predicted molar refractivity (Wildman–Crippen MR) is 72.1 cm³/mol. The highest BCUT2D eigenvalue weighted by atomic mass is 16.6. The molecular formula is C13H16N2O5. The minimum atomic E-state index is -1.32. The monoisotopic (exact) mass is 280 g/mol. The zero-order chi connectivity index (χ0) is 14.9. The first kappa shape index (κ1) is 14.3. The molecule has 2 rings (SSSR count). The zero-order valence-electron chi connectivity index (χ0n) is 11.0. The lowest BCUT2D eigenvalue weighted by Crippen LogP contribution is -2.35. The van der Waals surface area contributed by atoms with Crippen molar-refractivity contribution in [2.75, 3.05) is 18.1 Å². The average molecular weight is 280 g/mol. The van der Waals surface area contributed by atoms with Crippen LogP contribution in [0.4, 0.5) is 11.4 Å². The second kappa shape index (κ2) is 5.46. The summed E-state index contributed by atoms with van der Waals surface area (Å²) in [5, 5.41) is 29.4. The molecule has 0 aromatic heterocycles. The summed E-state index contributed by atoms with van der Waals surface area (Å²) in [5.41, 5.74) is -0.178. The van der Waals surface area contributed by atoms with Crippen molar-refractivity contribution in [2.45, 2.75) is 19.4 Å². The lowest BCUT2D eigenvalue weighted by Gasteiger charge is -2.27. The fourth-order valence-electron chi connectivity index (χ4n) is 2.64. The third-order valence-corrected chi connectivity index (χ3v) is 3.81. The topological polar surface area (TPSA) is 104 Å². The van der Waals surface area contributed by atoms with Crippen molar-refractivity contribution in [3.8, 4) is 0 Å². The summed E-state index contributed by atoms with van der Waals surface area (Å²) in [4.78, 5) is 23.2. The smallest absolute Gasteiger partial charge is 0.342 e. The highest BCUT2D eigenvalue weighted by Crippen LogP contribution is 2.32. The summed E-state index contributed by atoms with van der Waals surface area (Å²) in [6, 6.07) is 3.97. The van der Waals surface area contributed by atoms with Gasteiger partial charge in [0.1, 0.15) is 5.56 Å². The molecule has 0 radical (unpaired) electrons. The van der Waals surface area contributed by atoms with Crippen molar-refractivity contribution in [3.05, 3.63) is 33.9 Å². The molecular weight excluding hydrogens is 264 g/mol. The van der Waals surface area contributed by atoms with E-state index in [9.17, 15) is 20.0 Å². The van der Waals surface area contributed by atoms with Crippen LogP contribution in [0.3, 0.4) is 0 Å². The Morgan fingerprint density at radius 3 is 2.80 bits per heavy atom. The third-order valence-electron chi connectivity index (χ3n) is 3.81. The molecule has 1 aliphatic rings. The van der Waals surface area contributed by atoms with Crippen molar-refractivity contribution in [1.29, 1.82) is 0 Å². The maximum atomic E-state index is 11.0. The first-order valence-electron chi connectivity index (χ1n) is 6.35. The normalized spacial score (nSPS) is 22.0. The molecule has 7 nitrogen and oxygen atoms in total. The van der Waals surface area contributed by atoms with Gasteiger partial charge >= 0.3 is 5.97 Å². The number of carboxylic acids is 1. The van der Waals surface area contributed by atoms with E-state index in [-0.39, 0.29) is 18.2 Å². The Balaban J connectivity index is 2.41. The van der Waals surface area contributed by atoms with Gasteiger partial charge in [0.05, 0.1) is 17.6 Å². The molecule has 1 aliphatic heterocycles. The molecule has 0 bridgehead atoms. The molecule has 2 N–H and O–H groups in total. The number of rotatable bonds is 4. The fourth-order valence-corrected chi connectivity index (χ4v) is 2.64. The quantitative estimate of drug-likeness (QED) is 0.639. The largest absolute Gasteiger partial charge is 0.477 e. The summed E-state index contributed by atoms with van der Waals surface area (Å²) in [6.45, 7) is 2.67. The van der Waals surface area contributed by atoms with E-state index in [1.54, 1.807) is 6.07 Å². The first-order valence-corrected chi connectivity index (χ1v) is 6.35. The number of hydrogen-bond acceptors (Lipinski definition) is 5. The van der Waals surface area contributed by atoms with Gasteiger partial charge in [-0.3, -0.25) is 10.1 Å². The number of nitrogens with zero attached hydrogens (tertiary/aromatic N) is 2. The highest BCUT2D eigenvalue weighted by Gasteiger charge is 2.32. The van der Waals surface area contributed by atoms with E-state index in [2.05, 4.69) is 0 Å². The number of aliphatic hydroxyl groups is 1. The number of nitro groups is 1. The molecule has 1 heterocycles. The van der Waals surface area contributed by atoms with Gasteiger partial charge in [-0.15, -0.1) is 0 Å². The lowest BCUT2D eigenvalue weighted by atomic mass is 10.0. The minimum Gasteiger partial charge on any atom is -0.477 e. The second-order valence-electron chi connectivity index (χ2n) is 4.97. The summed E-state index contributed by atoms with van der Waals surface area (Å²) in [5.74, 6) is -1.03. The van der Waals surface area contributed by atoms with Crippen LogP contribution in [0.1, 0.15) is 23.7 Å². The molecule has 1 fully saturated rings. The van der Waals surface area contributed by atoms with Crippen LogP contribution in [0, 0.1) is 16.0 Å². The number of carboxylic acid groups (broad SMARTS) is 1. The molecule has 2 unspecified atom stereocenters. The van der Waals surface area contributed by atoms with Gasteiger partial charge in [-0.1, -0.05) is 6.92 Å². The van der Waals surface area contributed by atoms with Crippen molar-refractivity contribution < 1.29 is 19.9 Å².